The predicted molar refractivity (Wildman–Crippen MR) is 75.9 cm³/mol. The molecule has 4 nitrogen and oxygen atoms in total. The quantitative estimate of drug-likeness (QED) is 0.887. The molecule has 2 unspecified atom stereocenters. The highest BCUT2D eigenvalue weighted by atomic mass is 19.1. The molecule has 1 aromatic carbocycles. The summed E-state index contributed by atoms with van der Waals surface area (Å²) in [5, 5.41) is 12.6. The fourth-order valence-corrected chi connectivity index (χ4v) is 2.72. The van der Waals surface area contributed by atoms with Crippen LogP contribution in [0.5, 0.6) is 0 Å². The molecule has 0 aromatic heterocycles. The summed E-state index contributed by atoms with van der Waals surface area (Å²) in [4.78, 5) is 13.8. The van der Waals surface area contributed by atoms with E-state index >= 15 is 0 Å². The number of benzene rings is 1. The summed E-state index contributed by atoms with van der Waals surface area (Å²) in [6, 6.07) is 5.85. The normalized spacial score (nSPS) is 22.8. The van der Waals surface area contributed by atoms with Crippen LogP contribution in [0.4, 0.5) is 10.1 Å². The molecule has 1 aliphatic carbocycles. The van der Waals surface area contributed by atoms with Gasteiger partial charge in [-0.05, 0) is 38.1 Å². The summed E-state index contributed by atoms with van der Waals surface area (Å²) in [5.74, 6) is -0.574. The minimum absolute atomic E-state index is 0.0296. The number of aliphatic hydroxyl groups is 1. The molecule has 2 N–H and O–H groups in total. The molecular formula is C15H21FN2O2. The Kier molecular flexibility index (Phi) is 5.09. The zero-order valence-electron chi connectivity index (χ0n) is 11.7. The van der Waals surface area contributed by atoms with Gasteiger partial charge in [-0.25, -0.2) is 4.39 Å². The van der Waals surface area contributed by atoms with E-state index in [0.717, 1.165) is 25.7 Å². The molecule has 0 aliphatic heterocycles. The summed E-state index contributed by atoms with van der Waals surface area (Å²) in [6.07, 6.45) is 3.46. The van der Waals surface area contributed by atoms with Crippen LogP contribution in [-0.2, 0) is 4.79 Å². The number of rotatable bonds is 4. The van der Waals surface area contributed by atoms with Crippen LogP contribution in [0.2, 0.25) is 0 Å². The van der Waals surface area contributed by atoms with Gasteiger partial charge in [0.2, 0.25) is 5.91 Å². The van der Waals surface area contributed by atoms with E-state index in [4.69, 9.17) is 0 Å². The van der Waals surface area contributed by atoms with Gasteiger partial charge in [0.1, 0.15) is 5.82 Å². The Labute approximate surface area is 118 Å². The highest BCUT2D eigenvalue weighted by molar-refractivity contribution is 5.92. The Bertz CT molecular complexity index is 467. The second kappa shape index (κ2) is 6.81. The highest BCUT2D eigenvalue weighted by Crippen LogP contribution is 2.22. The molecule has 2 atom stereocenters. The second-order valence-electron chi connectivity index (χ2n) is 5.39. The van der Waals surface area contributed by atoms with Crippen molar-refractivity contribution in [1.29, 1.82) is 0 Å². The molecule has 0 bridgehead atoms. The Balaban J connectivity index is 1.87. The number of hydrogen-bond acceptors (Lipinski definition) is 3. The number of aliphatic hydroxyl groups excluding tert-OH is 1. The number of anilines is 1. The average Bonchev–Trinajstić information content (AvgIpc) is 2.38. The first-order chi connectivity index (χ1) is 9.56. The first kappa shape index (κ1) is 14.9. The monoisotopic (exact) mass is 280 g/mol. The first-order valence-electron chi connectivity index (χ1n) is 7.00. The van der Waals surface area contributed by atoms with Crippen LogP contribution < -0.4 is 5.32 Å². The van der Waals surface area contributed by atoms with E-state index in [0.29, 0.717) is 5.69 Å². The molecule has 0 spiro atoms. The lowest BCUT2D eigenvalue weighted by Gasteiger charge is -2.34. The van der Waals surface area contributed by atoms with Gasteiger partial charge in [-0.1, -0.05) is 18.9 Å². The smallest absolute Gasteiger partial charge is 0.238 e. The van der Waals surface area contributed by atoms with Crippen molar-refractivity contribution in [3.05, 3.63) is 30.1 Å². The molecule has 0 saturated heterocycles. The van der Waals surface area contributed by atoms with Crippen molar-refractivity contribution >= 4 is 11.6 Å². The van der Waals surface area contributed by atoms with Crippen molar-refractivity contribution in [2.24, 2.45) is 0 Å². The average molecular weight is 280 g/mol. The van der Waals surface area contributed by atoms with Gasteiger partial charge in [-0.15, -0.1) is 0 Å². The molecule has 110 valence electrons. The fraction of sp³-hybridized carbons (Fsp3) is 0.533. The van der Waals surface area contributed by atoms with Crippen LogP contribution in [0.25, 0.3) is 0 Å². The zero-order valence-corrected chi connectivity index (χ0v) is 11.7. The molecule has 5 heteroatoms. The van der Waals surface area contributed by atoms with E-state index in [2.05, 4.69) is 5.32 Å². The summed E-state index contributed by atoms with van der Waals surface area (Å²) in [7, 11) is 1.84. The number of nitrogens with zero attached hydrogens (tertiary/aromatic N) is 1. The van der Waals surface area contributed by atoms with Crippen molar-refractivity contribution in [3.63, 3.8) is 0 Å². The van der Waals surface area contributed by atoms with E-state index in [1.54, 1.807) is 12.1 Å². The van der Waals surface area contributed by atoms with Crippen molar-refractivity contribution in [3.8, 4) is 0 Å². The van der Waals surface area contributed by atoms with E-state index in [9.17, 15) is 14.3 Å². The van der Waals surface area contributed by atoms with Gasteiger partial charge in [0.15, 0.2) is 0 Å². The number of halogens is 1. The van der Waals surface area contributed by atoms with Crippen LogP contribution in [0.1, 0.15) is 25.7 Å². The lowest BCUT2D eigenvalue weighted by Crippen LogP contribution is -2.46. The highest BCUT2D eigenvalue weighted by Gasteiger charge is 2.27. The lowest BCUT2D eigenvalue weighted by molar-refractivity contribution is -0.118. The Morgan fingerprint density at radius 1 is 1.45 bits per heavy atom. The van der Waals surface area contributed by atoms with E-state index < -0.39 is 0 Å². The third-order valence-electron chi connectivity index (χ3n) is 3.76. The summed E-state index contributed by atoms with van der Waals surface area (Å²) >= 11 is 0. The third kappa shape index (κ3) is 4.02. The number of carbonyl (C=O) groups excluding carboxylic acids is 1. The van der Waals surface area contributed by atoms with E-state index in [-0.39, 0.29) is 30.4 Å². The van der Waals surface area contributed by atoms with Crippen LogP contribution in [-0.4, -0.2) is 41.7 Å². The maximum atomic E-state index is 13.0. The summed E-state index contributed by atoms with van der Waals surface area (Å²) < 4.78 is 13.0. The fourth-order valence-electron chi connectivity index (χ4n) is 2.72. The number of hydrogen-bond donors (Lipinski definition) is 2. The number of likely N-dealkylation sites (N-methyl/N-ethyl adjacent to an activating group) is 1. The zero-order chi connectivity index (χ0) is 14.5. The lowest BCUT2D eigenvalue weighted by atomic mass is 9.91. The van der Waals surface area contributed by atoms with Gasteiger partial charge < -0.3 is 10.4 Å². The maximum Gasteiger partial charge on any atom is 0.238 e. The number of carbonyl (C=O) groups is 1. The molecule has 1 amide bonds. The minimum atomic E-state index is -0.376. The van der Waals surface area contributed by atoms with Gasteiger partial charge in [0.25, 0.3) is 0 Å². The Hall–Kier alpha value is -1.46. The van der Waals surface area contributed by atoms with Crippen molar-refractivity contribution < 1.29 is 14.3 Å². The van der Waals surface area contributed by atoms with Crippen molar-refractivity contribution in [1.82, 2.24) is 4.90 Å². The molecule has 1 aromatic rings. The molecular weight excluding hydrogens is 259 g/mol. The standard InChI is InChI=1S/C15H21FN2O2/c1-18(13-7-2-3-8-14(13)19)10-15(20)17-12-6-4-5-11(16)9-12/h4-6,9,13-14,19H,2-3,7-8,10H2,1H3,(H,17,20). The minimum Gasteiger partial charge on any atom is -0.391 e. The molecule has 2 rings (SSSR count). The third-order valence-corrected chi connectivity index (χ3v) is 3.76. The molecule has 1 aliphatic rings. The van der Waals surface area contributed by atoms with E-state index in [1.165, 1.54) is 12.1 Å². The van der Waals surface area contributed by atoms with Crippen molar-refractivity contribution in [2.75, 3.05) is 18.9 Å². The second-order valence-corrected chi connectivity index (χ2v) is 5.39. The van der Waals surface area contributed by atoms with Gasteiger partial charge >= 0.3 is 0 Å². The molecule has 0 heterocycles. The number of nitrogens with one attached hydrogen (secondary N) is 1. The summed E-state index contributed by atoms with van der Waals surface area (Å²) in [6.45, 7) is 0.193. The molecule has 1 saturated carbocycles. The van der Waals surface area contributed by atoms with Crippen LogP contribution in [0.3, 0.4) is 0 Å². The SMILES string of the molecule is CN(CC(=O)Nc1cccc(F)c1)C1CCCCC1O. The topological polar surface area (TPSA) is 52.6 Å². The largest absolute Gasteiger partial charge is 0.391 e. The number of amides is 1. The van der Waals surface area contributed by atoms with Crippen LogP contribution in [0.15, 0.2) is 24.3 Å². The van der Waals surface area contributed by atoms with Gasteiger partial charge in [0, 0.05) is 11.7 Å². The maximum absolute atomic E-state index is 13.0. The predicted octanol–water partition coefficient (Wildman–Crippen LogP) is 2.00. The van der Waals surface area contributed by atoms with Crippen LogP contribution in [0, 0.1) is 5.82 Å². The molecule has 0 radical (unpaired) electrons. The summed E-state index contributed by atoms with van der Waals surface area (Å²) in [5.41, 5.74) is 0.451. The molecule has 1 fully saturated rings. The van der Waals surface area contributed by atoms with Gasteiger partial charge in [0.05, 0.1) is 12.6 Å². The first-order valence-corrected chi connectivity index (χ1v) is 7.00. The van der Waals surface area contributed by atoms with Gasteiger partial charge in [-0.3, -0.25) is 9.69 Å². The molecule has 20 heavy (non-hydrogen) atoms. The van der Waals surface area contributed by atoms with Gasteiger partial charge in [-0.2, -0.15) is 0 Å². The van der Waals surface area contributed by atoms with Crippen molar-refractivity contribution in [2.45, 2.75) is 37.8 Å². The Morgan fingerprint density at radius 3 is 2.90 bits per heavy atom. The van der Waals surface area contributed by atoms with E-state index in [1.807, 2.05) is 11.9 Å². The Morgan fingerprint density at radius 2 is 2.20 bits per heavy atom. The van der Waals surface area contributed by atoms with Crippen LogP contribution >= 0.6 is 0 Å².